The summed E-state index contributed by atoms with van der Waals surface area (Å²) in [6, 6.07) is 7.16. The lowest BCUT2D eigenvalue weighted by atomic mass is 10.1. The summed E-state index contributed by atoms with van der Waals surface area (Å²) in [7, 11) is 1.61. The summed E-state index contributed by atoms with van der Waals surface area (Å²) in [6.07, 6.45) is 3.33. The van der Waals surface area contributed by atoms with E-state index in [9.17, 15) is 5.11 Å². The quantitative estimate of drug-likeness (QED) is 0.773. The van der Waals surface area contributed by atoms with Crippen molar-refractivity contribution in [1.82, 2.24) is 15.0 Å². The number of methoxy groups -OCH3 is 1. The normalized spacial score (nSPS) is 10.7. The summed E-state index contributed by atoms with van der Waals surface area (Å²) in [6.45, 7) is 1.91. The third-order valence-corrected chi connectivity index (χ3v) is 3.21. The third kappa shape index (κ3) is 1.93. The molecule has 0 aliphatic carbocycles. The molecule has 0 fully saturated rings. The molecule has 5 heteroatoms. The monoisotopic (exact) mass is 267 g/mol. The van der Waals surface area contributed by atoms with E-state index in [0.717, 1.165) is 16.9 Å². The van der Waals surface area contributed by atoms with Crippen LogP contribution in [0.1, 0.15) is 5.56 Å². The summed E-state index contributed by atoms with van der Waals surface area (Å²) in [5.74, 6) is 1.16. The molecule has 1 aromatic carbocycles. The van der Waals surface area contributed by atoms with Gasteiger partial charge in [0.1, 0.15) is 5.75 Å². The van der Waals surface area contributed by atoms with E-state index in [1.165, 1.54) is 0 Å². The maximum atomic E-state index is 10.1. The Labute approximate surface area is 115 Å². The Balaban J connectivity index is 2.30. The lowest BCUT2D eigenvalue weighted by Gasteiger charge is -2.09. The number of aryl methyl sites for hydroxylation is 1. The molecule has 0 unspecified atom stereocenters. The number of benzene rings is 1. The third-order valence-electron chi connectivity index (χ3n) is 3.21. The van der Waals surface area contributed by atoms with E-state index in [1.54, 1.807) is 43.8 Å². The average Bonchev–Trinajstić information content (AvgIpc) is 2.49. The Kier molecular flexibility index (Phi) is 2.95. The van der Waals surface area contributed by atoms with Crippen molar-refractivity contribution in [1.29, 1.82) is 0 Å². The van der Waals surface area contributed by atoms with E-state index < -0.39 is 0 Å². The lowest BCUT2D eigenvalue weighted by Crippen LogP contribution is -1.95. The number of nitrogens with zero attached hydrogens (tertiary/aromatic N) is 3. The number of aromatic hydroxyl groups is 1. The number of hydrogen-bond acceptors (Lipinski definition) is 5. The first-order chi connectivity index (χ1) is 9.70. The van der Waals surface area contributed by atoms with Gasteiger partial charge in [-0.2, -0.15) is 4.98 Å². The van der Waals surface area contributed by atoms with E-state index in [4.69, 9.17) is 4.74 Å². The van der Waals surface area contributed by atoms with Gasteiger partial charge in [-0.1, -0.05) is 0 Å². The van der Waals surface area contributed by atoms with E-state index in [1.807, 2.05) is 6.92 Å². The van der Waals surface area contributed by atoms with Crippen LogP contribution in [0.15, 0.2) is 36.7 Å². The molecule has 2 aromatic heterocycles. The van der Waals surface area contributed by atoms with Crippen LogP contribution in [-0.4, -0.2) is 27.2 Å². The maximum absolute atomic E-state index is 10.1. The van der Waals surface area contributed by atoms with Gasteiger partial charge in [-0.3, -0.25) is 4.98 Å². The van der Waals surface area contributed by atoms with E-state index in [2.05, 4.69) is 15.0 Å². The van der Waals surface area contributed by atoms with Gasteiger partial charge in [-0.15, -0.1) is 0 Å². The van der Waals surface area contributed by atoms with Crippen LogP contribution < -0.4 is 4.74 Å². The van der Waals surface area contributed by atoms with Crippen molar-refractivity contribution in [3.63, 3.8) is 0 Å². The Morgan fingerprint density at radius 3 is 2.50 bits per heavy atom. The molecule has 0 saturated carbocycles. The van der Waals surface area contributed by atoms with Crippen molar-refractivity contribution >= 4 is 10.9 Å². The molecule has 1 N–H and O–H groups in total. The van der Waals surface area contributed by atoms with Crippen LogP contribution in [0, 0.1) is 6.92 Å². The highest BCUT2D eigenvalue weighted by Gasteiger charge is 2.12. The van der Waals surface area contributed by atoms with Crippen LogP contribution in [0.2, 0.25) is 0 Å². The first-order valence-electron chi connectivity index (χ1n) is 6.15. The summed E-state index contributed by atoms with van der Waals surface area (Å²) in [5, 5.41) is 10.7. The molecule has 0 radical (unpaired) electrons. The maximum Gasteiger partial charge on any atom is 0.222 e. The molecule has 0 bridgehead atoms. The van der Waals surface area contributed by atoms with Gasteiger partial charge in [0.05, 0.1) is 18.0 Å². The summed E-state index contributed by atoms with van der Waals surface area (Å²) in [4.78, 5) is 12.6. The van der Waals surface area contributed by atoms with Crippen molar-refractivity contribution in [2.75, 3.05) is 7.11 Å². The van der Waals surface area contributed by atoms with Crippen LogP contribution in [0.25, 0.3) is 22.3 Å². The zero-order chi connectivity index (χ0) is 14.1. The summed E-state index contributed by atoms with van der Waals surface area (Å²) in [5.41, 5.74) is 2.36. The second kappa shape index (κ2) is 4.77. The molecule has 3 rings (SSSR count). The van der Waals surface area contributed by atoms with E-state index in [-0.39, 0.29) is 5.88 Å². The molecule has 3 aromatic rings. The fourth-order valence-electron chi connectivity index (χ4n) is 2.15. The van der Waals surface area contributed by atoms with Crippen LogP contribution in [0.3, 0.4) is 0 Å². The predicted octanol–water partition coefficient (Wildman–Crippen LogP) is 2.71. The van der Waals surface area contributed by atoms with E-state index in [0.29, 0.717) is 16.7 Å². The van der Waals surface area contributed by atoms with Gasteiger partial charge < -0.3 is 9.84 Å². The van der Waals surface area contributed by atoms with Gasteiger partial charge in [0.25, 0.3) is 0 Å². The van der Waals surface area contributed by atoms with Crippen LogP contribution >= 0.6 is 0 Å². The topological polar surface area (TPSA) is 68.1 Å². The van der Waals surface area contributed by atoms with Crippen molar-refractivity contribution < 1.29 is 9.84 Å². The van der Waals surface area contributed by atoms with Crippen LogP contribution in [-0.2, 0) is 0 Å². The number of ether oxygens (including phenoxy) is 1. The molecule has 0 spiro atoms. The minimum atomic E-state index is -0.0347. The fraction of sp³-hybridized carbons (Fsp3) is 0.133. The average molecular weight is 267 g/mol. The van der Waals surface area contributed by atoms with Crippen molar-refractivity contribution in [3.8, 4) is 23.0 Å². The standard InChI is InChI=1S/C15H13N3O2/c1-9-12(20-2)4-3-11-13(9)17-14(18-15(11)19)10-5-7-16-8-6-10/h3-8H,1-2H3,(H,17,18,19). The predicted molar refractivity (Wildman–Crippen MR) is 75.7 cm³/mol. The van der Waals surface area contributed by atoms with Gasteiger partial charge in [0.2, 0.25) is 5.88 Å². The van der Waals surface area contributed by atoms with Crippen molar-refractivity contribution in [2.24, 2.45) is 0 Å². The number of hydrogen-bond donors (Lipinski definition) is 1. The molecule has 0 saturated heterocycles. The first-order valence-corrected chi connectivity index (χ1v) is 6.15. The van der Waals surface area contributed by atoms with Gasteiger partial charge in [0.15, 0.2) is 5.82 Å². The second-order valence-corrected chi connectivity index (χ2v) is 4.40. The van der Waals surface area contributed by atoms with Crippen molar-refractivity contribution in [3.05, 3.63) is 42.2 Å². The molecule has 5 nitrogen and oxygen atoms in total. The highest BCUT2D eigenvalue weighted by Crippen LogP contribution is 2.31. The number of fused-ring (bicyclic) bond motifs is 1. The zero-order valence-electron chi connectivity index (χ0n) is 11.2. The minimum absolute atomic E-state index is 0.0347. The Morgan fingerprint density at radius 2 is 1.80 bits per heavy atom. The molecule has 0 atom stereocenters. The SMILES string of the molecule is COc1ccc2c(O)nc(-c3ccncc3)nc2c1C. The molecule has 100 valence electrons. The van der Waals surface area contributed by atoms with E-state index >= 15 is 0 Å². The molecule has 2 heterocycles. The van der Waals surface area contributed by atoms with Gasteiger partial charge in [-0.05, 0) is 31.2 Å². The highest BCUT2D eigenvalue weighted by molar-refractivity contribution is 5.89. The number of pyridine rings is 1. The lowest BCUT2D eigenvalue weighted by molar-refractivity contribution is 0.412. The molecular weight excluding hydrogens is 254 g/mol. The number of aromatic nitrogens is 3. The summed E-state index contributed by atoms with van der Waals surface area (Å²) < 4.78 is 5.29. The first kappa shape index (κ1) is 12.3. The number of rotatable bonds is 2. The van der Waals surface area contributed by atoms with Gasteiger partial charge in [-0.25, -0.2) is 4.98 Å². The van der Waals surface area contributed by atoms with Crippen LogP contribution in [0.5, 0.6) is 11.6 Å². The van der Waals surface area contributed by atoms with Crippen LogP contribution in [0.4, 0.5) is 0 Å². The highest BCUT2D eigenvalue weighted by atomic mass is 16.5. The molecule has 20 heavy (non-hydrogen) atoms. The second-order valence-electron chi connectivity index (χ2n) is 4.40. The smallest absolute Gasteiger partial charge is 0.222 e. The minimum Gasteiger partial charge on any atom is -0.496 e. The molecule has 0 aliphatic heterocycles. The van der Waals surface area contributed by atoms with Gasteiger partial charge in [0, 0.05) is 23.5 Å². The largest absolute Gasteiger partial charge is 0.496 e. The summed E-state index contributed by atoms with van der Waals surface area (Å²) >= 11 is 0. The fourth-order valence-corrected chi connectivity index (χ4v) is 2.15. The Morgan fingerprint density at radius 1 is 1.05 bits per heavy atom. The van der Waals surface area contributed by atoms with Gasteiger partial charge >= 0.3 is 0 Å². The van der Waals surface area contributed by atoms with Crippen molar-refractivity contribution in [2.45, 2.75) is 6.92 Å². The zero-order valence-corrected chi connectivity index (χ0v) is 11.2. The Hall–Kier alpha value is -2.69. The molecular formula is C15H13N3O2. The molecule has 0 aliphatic rings. The molecule has 0 amide bonds. The Bertz CT molecular complexity index is 773.